The molecule has 4 heteroatoms. The van der Waals surface area contributed by atoms with Gasteiger partial charge in [-0.2, -0.15) is 0 Å². The Balaban J connectivity index is 1.76. The van der Waals surface area contributed by atoms with Gasteiger partial charge in [0.25, 0.3) is 9.04 Å². The molecule has 2 aromatic rings. The first-order valence-electron chi connectivity index (χ1n) is 9.06. The van der Waals surface area contributed by atoms with E-state index in [4.69, 9.17) is 13.9 Å². The maximum atomic E-state index is 6.28. The van der Waals surface area contributed by atoms with Crippen LogP contribution in [0.25, 0.3) is 0 Å². The van der Waals surface area contributed by atoms with Gasteiger partial charge in [0.1, 0.15) is 0 Å². The minimum Gasteiger partial charge on any atom is -0.407 e. The molecule has 25 heavy (non-hydrogen) atoms. The van der Waals surface area contributed by atoms with Crippen LogP contribution >= 0.6 is 0 Å². The first-order valence-corrected chi connectivity index (χ1v) is 10.5. The van der Waals surface area contributed by atoms with Crippen LogP contribution in [0.3, 0.4) is 0 Å². The van der Waals surface area contributed by atoms with E-state index in [0.29, 0.717) is 6.10 Å². The van der Waals surface area contributed by atoms with E-state index in [2.05, 4.69) is 55.5 Å². The van der Waals surface area contributed by atoms with Crippen LogP contribution in [0, 0.1) is 0 Å². The summed E-state index contributed by atoms with van der Waals surface area (Å²) in [7, 11) is 0.574. The molecule has 0 aliphatic rings. The first kappa shape index (κ1) is 19.9. The second-order valence-electron chi connectivity index (χ2n) is 5.93. The highest BCUT2D eigenvalue weighted by Gasteiger charge is 2.18. The van der Waals surface area contributed by atoms with Crippen molar-refractivity contribution in [2.24, 2.45) is 0 Å². The van der Waals surface area contributed by atoms with Gasteiger partial charge in [-0.3, -0.25) is 0 Å². The third-order valence-corrected chi connectivity index (χ3v) is 6.33. The van der Waals surface area contributed by atoms with Crippen LogP contribution in [0.4, 0.5) is 0 Å². The van der Waals surface area contributed by atoms with Crippen LogP contribution in [0.2, 0.25) is 0 Å². The van der Waals surface area contributed by atoms with Crippen LogP contribution in [0.15, 0.2) is 60.7 Å². The third-order valence-electron chi connectivity index (χ3n) is 4.12. The summed E-state index contributed by atoms with van der Waals surface area (Å²) in [6.45, 7) is 4.35. The number of rotatable bonds is 12. The quantitative estimate of drug-likeness (QED) is 0.432. The molecule has 135 valence electrons. The first-order chi connectivity index (χ1) is 12.3. The van der Waals surface area contributed by atoms with Crippen molar-refractivity contribution in [1.82, 2.24) is 0 Å². The van der Waals surface area contributed by atoms with Crippen LogP contribution in [-0.2, 0) is 13.9 Å². The molecule has 0 fully saturated rings. The summed E-state index contributed by atoms with van der Waals surface area (Å²) in [5, 5.41) is 2.57. The van der Waals surface area contributed by atoms with Gasteiger partial charge in [-0.15, -0.1) is 0 Å². The van der Waals surface area contributed by atoms with E-state index in [-0.39, 0.29) is 0 Å². The highest BCUT2D eigenvalue weighted by Crippen LogP contribution is 2.02. The van der Waals surface area contributed by atoms with Crippen molar-refractivity contribution in [3.05, 3.63) is 60.7 Å². The lowest BCUT2D eigenvalue weighted by Crippen LogP contribution is -2.45. The van der Waals surface area contributed by atoms with Gasteiger partial charge in [0.2, 0.25) is 0 Å². The maximum Gasteiger partial charge on any atom is 0.282 e. The van der Waals surface area contributed by atoms with Crippen molar-refractivity contribution < 1.29 is 13.9 Å². The van der Waals surface area contributed by atoms with Crippen molar-refractivity contribution in [2.75, 3.05) is 26.9 Å². The second kappa shape index (κ2) is 12.0. The number of hydrogen-bond donors (Lipinski definition) is 0. The minimum atomic E-state index is -1.19. The standard InChI is InChI=1S/C21H29O3Si/c1-3-19(22-2)15-18-23-16-10-17-24-25(20-11-6-4-7-12-20)21-13-8-5-9-14-21/h4-9,11-14,19H,3,10,15-18H2,1-2H3. The fourth-order valence-electron chi connectivity index (χ4n) is 2.65. The van der Waals surface area contributed by atoms with Gasteiger partial charge in [0.05, 0.1) is 6.10 Å². The molecule has 1 atom stereocenters. The Morgan fingerprint density at radius 1 is 0.840 bits per heavy atom. The Hall–Kier alpha value is -1.46. The zero-order chi connectivity index (χ0) is 17.7. The van der Waals surface area contributed by atoms with Crippen LogP contribution in [-0.4, -0.2) is 42.1 Å². The molecular formula is C21H29O3Si. The summed E-state index contributed by atoms with van der Waals surface area (Å²) >= 11 is 0. The number of methoxy groups -OCH3 is 1. The zero-order valence-electron chi connectivity index (χ0n) is 15.3. The molecule has 1 unspecified atom stereocenters. The molecule has 2 aromatic carbocycles. The van der Waals surface area contributed by atoms with E-state index in [0.717, 1.165) is 39.1 Å². The summed E-state index contributed by atoms with van der Waals surface area (Å²) in [6.07, 6.45) is 3.21. The fraction of sp³-hybridized carbons (Fsp3) is 0.429. The van der Waals surface area contributed by atoms with Crippen molar-refractivity contribution in [2.45, 2.75) is 32.3 Å². The largest absolute Gasteiger partial charge is 0.407 e. The van der Waals surface area contributed by atoms with Crippen LogP contribution < -0.4 is 10.4 Å². The van der Waals surface area contributed by atoms with Crippen molar-refractivity contribution >= 4 is 19.4 Å². The lowest BCUT2D eigenvalue weighted by Gasteiger charge is -2.16. The average molecular weight is 358 g/mol. The van der Waals surface area contributed by atoms with Crippen molar-refractivity contribution in [1.29, 1.82) is 0 Å². The molecule has 0 heterocycles. The van der Waals surface area contributed by atoms with E-state index >= 15 is 0 Å². The lowest BCUT2D eigenvalue weighted by atomic mass is 10.2. The van der Waals surface area contributed by atoms with E-state index < -0.39 is 9.04 Å². The monoisotopic (exact) mass is 357 g/mol. The van der Waals surface area contributed by atoms with Gasteiger partial charge in [-0.05, 0) is 29.6 Å². The van der Waals surface area contributed by atoms with E-state index in [1.165, 1.54) is 10.4 Å². The third kappa shape index (κ3) is 7.12. The molecule has 0 bridgehead atoms. The molecule has 1 radical (unpaired) electrons. The molecule has 0 aliphatic heterocycles. The summed E-state index contributed by atoms with van der Waals surface area (Å²) in [5.41, 5.74) is 0. The summed E-state index contributed by atoms with van der Waals surface area (Å²) in [5.74, 6) is 0. The van der Waals surface area contributed by atoms with Gasteiger partial charge in [-0.1, -0.05) is 67.6 Å². The predicted octanol–water partition coefficient (Wildman–Crippen LogP) is 3.03. The molecule has 0 saturated heterocycles. The molecule has 0 amide bonds. The van der Waals surface area contributed by atoms with Gasteiger partial charge >= 0.3 is 0 Å². The molecular weight excluding hydrogens is 328 g/mol. The predicted molar refractivity (Wildman–Crippen MR) is 105 cm³/mol. The van der Waals surface area contributed by atoms with Gasteiger partial charge < -0.3 is 13.9 Å². The second-order valence-corrected chi connectivity index (χ2v) is 8.03. The van der Waals surface area contributed by atoms with E-state index in [9.17, 15) is 0 Å². The molecule has 0 spiro atoms. The normalized spacial score (nSPS) is 12.4. The van der Waals surface area contributed by atoms with Gasteiger partial charge in [-0.25, -0.2) is 0 Å². The van der Waals surface area contributed by atoms with Crippen molar-refractivity contribution in [3.63, 3.8) is 0 Å². The van der Waals surface area contributed by atoms with E-state index in [1.54, 1.807) is 7.11 Å². The van der Waals surface area contributed by atoms with Gasteiger partial charge in [0.15, 0.2) is 0 Å². The number of hydrogen-bond acceptors (Lipinski definition) is 3. The fourth-order valence-corrected chi connectivity index (χ4v) is 4.66. The minimum absolute atomic E-state index is 0.308. The smallest absolute Gasteiger partial charge is 0.282 e. The Labute approximate surface area is 153 Å². The van der Waals surface area contributed by atoms with Gasteiger partial charge in [0, 0.05) is 26.9 Å². The summed E-state index contributed by atoms with van der Waals surface area (Å²) in [6, 6.07) is 21.0. The molecule has 3 nitrogen and oxygen atoms in total. The van der Waals surface area contributed by atoms with E-state index in [1.807, 2.05) is 12.1 Å². The molecule has 0 aromatic heterocycles. The molecule has 0 aliphatic carbocycles. The Morgan fingerprint density at radius 3 is 1.96 bits per heavy atom. The summed E-state index contributed by atoms with van der Waals surface area (Å²) in [4.78, 5) is 0. The molecule has 2 rings (SSSR count). The maximum absolute atomic E-state index is 6.28. The number of ether oxygens (including phenoxy) is 2. The number of benzene rings is 2. The van der Waals surface area contributed by atoms with Crippen LogP contribution in [0.5, 0.6) is 0 Å². The molecule has 0 saturated carbocycles. The SMILES string of the molecule is CCC(CCOCCCO[Si](c1ccccc1)c1ccccc1)OC. The average Bonchev–Trinajstić information content (AvgIpc) is 2.68. The summed E-state index contributed by atoms with van der Waals surface area (Å²) < 4.78 is 17.3. The highest BCUT2D eigenvalue weighted by atomic mass is 28.3. The Kier molecular flexibility index (Phi) is 9.52. The van der Waals surface area contributed by atoms with Crippen LogP contribution in [0.1, 0.15) is 26.2 Å². The topological polar surface area (TPSA) is 27.7 Å². The Morgan fingerprint density at radius 2 is 1.44 bits per heavy atom. The zero-order valence-corrected chi connectivity index (χ0v) is 16.3. The lowest BCUT2D eigenvalue weighted by molar-refractivity contribution is 0.0470. The highest BCUT2D eigenvalue weighted by molar-refractivity contribution is 6.80. The Bertz CT molecular complexity index is 518. The molecule has 0 N–H and O–H groups in total. The van der Waals surface area contributed by atoms with Crippen molar-refractivity contribution in [3.8, 4) is 0 Å².